The van der Waals surface area contributed by atoms with Gasteiger partial charge in [0.2, 0.25) is 0 Å². The van der Waals surface area contributed by atoms with Crippen LogP contribution in [0.2, 0.25) is 26.2 Å². The van der Waals surface area contributed by atoms with E-state index in [2.05, 4.69) is 56.1 Å². The molecule has 0 spiro atoms. The van der Waals surface area contributed by atoms with Crippen molar-refractivity contribution in [3.8, 4) is 0 Å². The molecule has 0 radical (unpaired) electrons. The molecule has 0 aliphatic heterocycles. The van der Waals surface area contributed by atoms with Crippen molar-refractivity contribution >= 4 is 40.2 Å². The molecule has 0 aliphatic carbocycles. The molecular formula is C28H49N7O7S2Si2. The Bertz CT molecular complexity index is 1120. The zero-order chi connectivity index (χ0) is 33.4. The van der Waals surface area contributed by atoms with Gasteiger partial charge in [0.1, 0.15) is 0 Å². The van der Waals surface area contributed by atoms with Gasteiger partial charge in [-0.2, -0.15) is 0 Å². The molecule has 2 rings (SSSR count). The van der Waals surface area contributed by atoms with Gasteiger partial charge in [0, 0.05) is 52.6 Å². The summed E-state index contributed by atoms with van der Waals surface area (Å²) < 4.78 is 39.5. The van der Waals surface area contributed by atoms with Crippen molar-refractivity contribution in [2.45, 2.75) is 50.0 Å². The molecule has 2 aromatic heterocycles. The highest BCUT2D eigenvalue weighted by molar-refractivity contribution is 8.01. The first-order valence-electron chi connectivity index (χ1n) is 15.2. The molecule has 258 valence electrons. The molecule has 0 bridgehead atoms. The molecular weight excluding hydrogens is 667 g/mol. The lowest BCUT2D eigenvalue weighted by atomic mass is 10.4. The Morgan fingerprint density at radius 3 is 1.46 bits per heavy atom. The van der Waals surface area contributed by atoms with Crippen LogP contribution in [0.15, 0.2) is 40.2 Å². The van der Waals surface area contributed by atoms with Gasteiger partial charge in [-0.15, -0.1) is 0 Å². The first-order valence-corrected chi connectivity index (χ1v) is 23.4. The number of aryl methyl sites for hydroxylation is 1. The lowest BCUT2D eigenvalue weighted by Gasteiger charge is -2.33. The number of hydrogen-bond acceptors (Lipinski definition) is 14. The van der Waals surface area contributed by atoms with Gasteiger partial charge in [-0.25, -0.2) is 19.9 Å². The fourth-order valence-electron chi connectivity index (χ4n) is 3.67. The smallest absolute Gasteiger partial charge is 0.187 e. The summed E-state index contributed by atoms with van der Waals surface area (Å²) in [4.78, 5) is 20.5. The molecule has 0 amide bonds. The Morgan fingerprint density at radius 1 is 0.630 bits per heavy atom. The van der Waals surface area contributed by atoms with E-state index in [9.17, 15) is 0 Å². The third-order valence-electron chi connectivity index (χ3n) is 5.62. The molecule has 14 nitrogen and oxygen atoms in total. The van der Waals surface area contributed by atoms with Gasteiger partial charge in [-0.3, -0.25) is 0 Å². The summed E-state index contributed by atoms with van der Waals surface area (Å²) in [5.74, 6) is 0. The van der Waals surface area contributed by atoms with Gasteiger partial charge in [0.15, 0.2) is 26.9 Å². The topological polar surface area (TPSA) is 165 Å². The van der Waals surface area contributed by atoms with E-state index >= 15 is 0 Å². The van der Waals surface area contributed by atoms with Crippen LogP contribution in [0.1, 0.15) is 11.1 Å². The number of rotatable bonds is 28. The maximum atomic E-state index is 8.16. The van der Waals surface area contributed by atoms with Crippen molar-refractivity contribution in [1.29, 1.82) is 0 Å². The van der Waals surface area contributed by atoms with Gasteiger partial charge >= 0.3 is 0 Å². The highest BCUT2D eigenvalue weighted by atomic mass is 32.2. The van der Waals surface area contributed by atoms with Gasteiger partial charge < -0.3 is 32.5 Å². The van der Waals surface area contributed by atoms with Crippen LogP contribution in [0.5, 0.6) is 0 Å². The third kappa shape index (κ3) is 21.2. The summed E-state index contributed by atoms with van der Waals surface area (Å²) in [5.41, 5.74) is 10.1. The lowest BCUT2D eigenvalue weighted by molar-refractivity contribution is -0.0174. The van der Waals surface area contributed by atoms with Crippen LogP contribution < -0.4 is 0 Å². The molecule has 2 aromatic rings. The van der Waals surface area contributed by atoms with Crippen molar-refractivity contribution in [3.05, 3.63) is 46.4 Å². The Morgan fingerprint density at radius 2 is 1.02 bits per heavy atom. The fraction of sp³-hybridized carbons (Fsp3) is 0.714. The van der Waals surface area contributed by atoms with Gasteiger partial charge in [0.25, 0.3) is 0 Å². The first-order chi connectivity index (χ1) is 22.2. The number of ether oxygens (including phenoxy) is 6. The molecule has 0 atom stereocenters. The zero-order valence-corrected chi connectivity index (χ0v) is 31.4. The minimum Gasteiger partial charge on any atom is -0.454 e. The maximum Gasteiger partial charge on any atom is 0.187 e. The number of hydrogen-bond donors (Lipinski definition) is 0. The summed E-state index contributed by atoms with van der Waals surface area (Å²) in [6, 6.07) is 0. The van der Waals surface area contributed by atoms with E-state index in [1.54, 1.807) is 23.5 Å². The molecule has 2 heterocycles. The largest absolute Gasteiger partial charge is 0.454 e. The van der Waals surface area contributed by atoms with Crippen LogP contribution in [0.3, 0.4) is 0 Å². The number of aromatic nitrogens is 4. The molecule has 0 aliphatic rings. The molecule has 0 saturated carbocycles. The predicted molar refractivity (Wildman–Crippen MR) is 184 cm³/mol. The number of thioether (sulfide) groups is 2. The fourth-order valence-corrected chi connectivity index (χ4v) is 15.5. The summed E-state index contributed by atoms with van der Waals surface area (Å²) in [6.45, 7) is 17.0. The van der Waals surface area contributed by atoms with Crippen molar-refractivity contribution in [2.75, 3.05) is 90.0 Å². The Labute approximate surface area is 283 Å². The maximum absolute atomic E-state index is 8.16. The van der Waals surface area contributed by atoms with Crippen molar-refractivity contribution in [1.82, 2.24) is 19.9 Å². The monoisotopic (exact) mass is 715 g/mol. The van der Waals surface area contributed by atoms with Gasteiger partial charge in [-0.1, -0.05) is 28.6 Å². The van der Waals surface area contributed by atoms with Crippen LogP contribution in [0, 0.1) is 6.92 Å². The minimum absolute atomic E-state index is 0.328. The Hall–Kier alpha value is -1.68. The van der Waals surface area contributed by atoms with Gasteiger partial charge in [-0.05, 0) is 44.2 Å². The first kappa shape index (κ1) is 40.5. The van der Waals surface area contributed by atoms with E-state index in [4.69, 9.17) is 38.1 Å². The highest BCUT2D eigenvalue weighted by Crippen LogP contribution is 2.26. The predicted octanol–water partition coefficient (Wildman–Crippen LogP) is 4.87. The van der Waals surface area contributed by atoms with E-state index in [0.29, 0.717) is 85.8 Å². The van der Waals surface area contributed by atoms with Crippen LogP contribution in [-0.4, -0.2) is 127 Å². The molecule has 0 unspecified atom stereocenters. The lowest BCUT2D eigenvalue weighted by Crippen LogP contribution is -2.48. The Balaban J connectivity index is 1.43. The standard InChI is InChI=1S/C28H49N7O7S2Si2/c1-25-18-30-27(31-19-25)43-23-45(2,3)42-46(4,5)24-44-28-32-20-26(21-33-28)22-41-17-16-40-15-14-39-13-12-38-11-10-37-9-8-36-7-6-34-35-29/h18-21H,6-17,22-24H2,1-5H3. The molecule has 0 aromatic carbocycles. The van der Waals surface area contributed by atoms with Crippen molar-refractivity contribution < 1.29 is 32.5 Å². The second kappa shape index (κ2) is 24.5. The second-order valence-corrected chi connectivity index (χ2v) is 22.7. The highest BCUT2D eigenvalue weighted by Gasteiger charge is 2.33. The minimum atomic E-state index is -1.92. The van der Waals surface area contributed by atoms with E-state index in [1.165, 1.54) is 0 Å². The molecule has 0 saturated heterocycles. The molecule has 18 heteroatoms. The summed E-state index contributed by atoms with van der Waals surface area (Å²) in [7, 11) is -3.81. The Kier molecular flexibility index (Phi) is 21.5. The summed E-state index contributed by atoms with van der Waals surface area (Å²) in [6.07, 6.45) is 7.33. The SMILES string of the molecule is Cc1cnc(SC[Si](C)(C)O[Si](C)(C)CSc2ncc(COCCOCCOCCOCCOCCOCCN=[N+]=[N-])cn2)nc1. The average Bonchev–Trinajstić information content (AvgIpc) is 3.03. The van der Waals surface area contributed by atoms with E-state index in [-0.39, 0.29) is 0 Å². The number of nitrogens with zero attached hydrogens (tertiary/aromatic N) is 7. The number of azide groups is 1. The summed E-state index contributed by atoms with van der Waals surface area (Å²) in [5, 5.41) is 6.73. The molecule has 46 heavy (non-hydrogen) atoms. The molecule has 0 fully saturated rings. The third-order valence-corrected chi connectivity index (χ3v) is 17.7. The van der Waals surface area contributed by atoms with Crippen LogP contribution in [-0.2, 0) is 39.1 Å². The normalized spacial score (nSPS) is 11.9. The van der Waals surface area contributed by atoms with Crippen LogP contribution in [0.4, 0.5) is 0 Å². The average molecular weight is 716 g/mol. The summed E-state index contributed by atoms with van der Waals surface area (Å²) >= 11 is 3.33. The second-order valence-electron chi connectivity index (χ2n) is 11.2. The van der Waals surface area contributed by atoms with E-state index in [1.807, 2.05) is 31.7 Å². The quantitative estimate of drug-likeness (QED) is 0.0223. The van der Waals surface area contributed by atoms with Crippen molar-refractivity contribution in [2.24, 2.45) is 5.11 Å². The van der Waals surface area contributed by atoms with Gasteiger partial charge in [0.05, 0.1) is 79.3 Å². The van der Waals surface area contributed by atoms with E-state index in [0.717, 1.165) is 32.2 Å². The van der Waals surface area contributed by atoms with Crippen LogP contribution >= 0.6 is 23.5 Å². The molecule has 0 N–H and O–H groups in total. The zero-order valence-electron chi connectivity index (χ0n) is 27.7. The van der Waals surface area contributed by atoms with Crippen molar-refractivity contribution in [3.63, 3.8) is 0 Å². The van der Waals surface area contributed by atoms with Crippen LogP contribution in [0.25, 0.3) is 10.4 Å². The van der Waals surface area contributed by atoms with E-state index < -0.39 is 16.6 Å².